The standard InChI is InChI=1S/C11H15N3O3S/c15-11(13-7-9-3-1-2-5-12-9)14-10-4-6-18(16,17)8-10/h1-3,5,10H,4,6-8H2,(H2,13,14,15). The van der Waals surface area contributed by atoms with Gasteiger partial charge in [-0.05, 0) is 18.6 Å². The minimum absolute atomic E-state index is 0.0318. The predicted octanol–water partition coefficient (Wildman–Crippen LogP) is 0.0679. The molecule has 2 N–H and O–H groups in total. The van der Waals surface area contributed by atoms with Crippen molar-refractivity contribution in [3.8, 4) is 0 Å². The Morgan fingerprint density at radius 3 is 2.89 bits per heavy atom. The summed E-state index contributed by atoms with van der Waals surface area (Å²) in [6.07, 6.45) is 2.14. The van der Waals surface area contributed by atoms with Crippen LogP contribution in [0.3, 0.4) is 0 Å². The number of rotatable bonds is 3. The lowest BCUT2D eigenvalue weighted by atomic mass is 10.3. The summed E-state index contributed by atoms with van der Waals surface area (Å²) in [6, 6.07) is 4.81. The van der Waals surface area contributed by atoms with Crippen molar-refractivity contribution in [2.75, 3.05) is 11.5 Å². The zero-order valence-electron chi connectivity index (χ0n) is 9.80. The highest BCUT2D eigenvalue weighted by molar-refractivity contribution is 7.91. The van der Waals surface area contributed by atoms with Crippen LogP contribution in [0, 0.1) is 0 Å². The molecule has 1 aromatic rings. The Bertz CT molecular complexity index is 516. The van der Waals surface area contributed by atoms with Crippen molar-refractivity contribution in [2.45, 2.75) is 19.0 Å². The van der Waals surface area contributed by atoms with E-state index in [1.807, 2.05) is 6.07 Å². The van der Waals surface area contributed by atoms with Crippen LogP contribution in [-0.4, -0.2) is 37.0 Å². The maximum atomic E-state index is 11.5. The molecule has 2 rings (SSSR count). The fraction of sp³-hybridized carbons (Fsp3) is 0.455. The largest absolute Gasteiger partial charge is 0.334 e. The van der Waals surface area contributed by atoms with E-state index in [1.54, 1.807) is 18.3 Å². The van der Waals surface area contributed by atoms with Gasteiger partial charge in [-0.15, -0.1) is 0 Å². The number of hydrogen-bond donors (Lipinski definition) is 2. The molecule has 0 aliphatic carbocycles. The van der Waals surface area contributed by atoms with Crippen LogP contribution in [0.25, 0.3) is 0 Å². The smallest absolute Gasteiger partial charge is 0.315 e. The Morgan fingerprint density at radius 2 is 2.28 bits per heavy atom. The molecular formula is C11H15N3O3S. The Hall–Kier alpha value is -1.63. The monoisotopic (exact) mass is 269 g/mol. The lowest BCUT2D eigenvalue weighted by Crippen LogP contribution is -2.42. The van der Waals surface area contributed by atoms with Crippen molar-refractivity contribution in [3.63, 3.8) is 0 Å². The number of nitrogens with zero attached hydrogens (tertiary/aromatic N) is 1. The van der Waals surface area contributed by atoms with E-state index in [-0.39, 0.29) is 23.6 Å². The summed E-state index contributed by atoms with van der Waals surface area (Å²) in [5.74, 6) is 0.183. The number of hydrogen-bond acceptors (Lipinski definition) is 4. The van der Waals surface area contributed by atoms with E-state index < -0.39 is 9.84 Å². The van der Waals surface area contributed by atoms with Crippen molar-refractivity contribution in [1.82, 2.24) is 15.6 Å². The van der Waals surface area contributed by atoms with Gasteiger partial charge in [-0.25, -0.2) is 13.2 Å². The van der Waals surface area contributed by atoms with Gasteiger partial charge in [-0.3, -0.25) is 4.98 Å². The van der Waals surface area contributed by atoms with Gasteiger partial charge in [0.25, 0.3) is 0 Å². The van der Waals surface area contributed by atoms with Crippen LogP contribution >= 0.6 is 0 Å². The number of nitrogens with one attached hydrogen (secondary N) is 2. The first kappa shape index (κ1) is 12.8. The third-order valence-electron chi connectivity index (χ3n) is 2.72. The normalized spacial score (nSPS) is 21.4. The minimum Gasteiger partial charge on any atom is -0.334 e. The summed E-state index contributed by atoms with van der Waals surface area (Å²) in [7, 11) is -2.96. The van der Waals surface area contributed by atoms with Gasteiger partial charge in [0.05, 0.1) is 23.7 Å². The molecule has 1 aromatic heterocycles. The van der Waals surface area contributed by atoms with Crippen LogP contribution in [0.2, 0.25) is 0 Å². The van der Waals surface area contributed by atoms with Crippen LogP contribution in [0.15, 0.2) is 24.4 Å². The number of amides is 2. The lowest BCUT2D eigenvalue weighted by molar-refractivity contribution is 0.237. The lowest BCUT2D eigenvalue weighted by Gasteiger charge is -2.11. The van der Waals surface area contributed by atoms with Gasteiger partial charge in [0.1, 0.15) is 0 Å². The number of aromatic nitrogens is 1. The summed E-state index contributed by atoms with van der Waals surface area (Å²) in [5.41, 5.74) is 0.756. The fourth-order valence-electron chi connectivity index (χ4n) is 1.82. The first-order valence-corrected chi connectivity index (χ1v) is 7.52. The summed E-state index contributed by atoms with van der Waals surface area (Å²) >= 11 is 0. The Morgan fingerprint density at radius 1 is 1.44 bits per heavy atom. The van der Waals surface area contributed by atoms with E-state index in [0.717, 1.165) is 5.69 Å². The van der Waals surface area contributed by atoms with E-state index in [2.05, 4.69) is 15.6 Å². The molecule has 1 unspecified atom stereocenters. The molecule has 18 heavy (non-hydrogen) atoms. The molecule has 1 aliphatic rings. The Balaban J connectivity index is 1.76. The predicted molar refractivity (Wildman–Crippen MR) is 66.7 cm³/mol. The van der Waals surface area contributed by atoms with Crippen molar-refractivity contribution in [2.24, 2.45) is 0 Å². The van der Waals surface area contributed by atoms with Crippen LogP contribution in [0.1, 0.15) is 12.1 Å². The van der Waals surface area contributed by atoms with E-state index in [1.165, 1.54) is 0 Å². The van der Waals surface area contributed by atoms with Gasteiger partial charge in [-0.2, -0.15) is 0 Å². The molecule has 2 heterocycles. The van der Waals surface area contributed by atoms with Crippen LogP contribution in [-0.2, 0) is 16.4 Å². The average molecular weight is 269 g/mol. The molecule has 6 nitrogen and oxygen atoms in total. The first-order chi connectivity index (χ1) is 8.55. The molecule has 0 radical (unpaired) electrons. The number of pyridine rings is 1. The zero-order valence-corrected chi connectivity index (χ0v) is 10.6. The fourth-order valence-corrected chi connectivity index (χ4v) is 3.49. The van der Waals surface area contributed by atoms with Crippen molar-refractivity contribution < 1.29 is 13.2 Å². The third-order valence-corrected chi connectivity index (χ3v) is 4.49. The topological polar surface area (TPSA) is 88.2 Å². The molecule has 0 saturated carbocycles. The third kappa shape index (κ3) is 3.69. The zero-order chi connectivity index (χ0) is 13.0. The Labute approximate surface area is 106 Å². The maximum Gasteiger partial charge on any atom is 0.315 e. The number of carbonyl (C=O) groups excluding carboxylic acids is 1. The molecule has 98 valence electrons. The molecule has 1 saturated heterocycles. The van der Waals surface area contributed by atoms with Gasteiger partial charge < -0.3 is 10.6 Å². The maximum absolute atomic E-state index is 11.5. The molecule has 7 heteroatoms. The molecule has 1 atom stereocenters. The Kier molecular flexibility index (Phi) is 3.81. The van der Waals surface area contributed by atoms with Crippen molar-refractivity contribution >= 4 is 15.9 Å². The van der Waals surface area contributed by atoms with E-state index in [0.29, 0.717) is 13.0 Å². The van der Waals surface area contributed by atoms with Gasteiger partial charge in [-0.1, -0.05) is 6.07 Å². The quantitative estimate of drug-likeness (QED) is 0.812. The molecule has 1 fully saturated rings. The van der Waals surface area contributed by atoms with E-state index in [4.69, 9.17) is 0 Å². The molecule has 1 aliphatic heterocycles. The van der Waals surface area contributed by atoms with Crippen LogP contribution in [0.4, 0.5) is 4.79 Å². The molecular weight excluding hydrogens is 254 g/mol. The second kappa shape index (κ2) is 5.34. The van der Waals surface area contributed by atoms with Gasteiger partial charge in [0.15, 0.2) is 9.84 Å². The number of sulfone groups is 1. The van der Waals surface area contributed by atoms with Gasteiger partial charge in [0, 0.05) is 12.2 Å². The van der Waals surface area contributed by atoms with Crippen molar-refractivity contribution in [1.29, 1.82) is 0 Å². The minimum atomic E-state index is -2.96. The second-order valence-corrected chi connectivity index (χ2v) is 6.48. The SMILES string of the molecule is O=C(NCc1ccccn1)NC1CCS(=O)(=O)C1. The van der Waals surface area contributed by atoms with Crippen LogP contribution in [0.5, 0.6) is 0 Å². The summed E-state index contributed by atoms with van der Waals surface area (Å²) in [4.78, 5) is 15.6. The summed E-state index contributed by atoms with van der Waals surface area (Å²) < 4.78 is 22.4. The number of carbonyl (C=O) groups is 1. The van der Waals surface area contributed by atoms with Crippen LogP contribution < -0.4 is 10.6 Å². The number of urea groups is 1. The molecule has 0 aromatic carbocycles. The highest BCUT2D eigenvalue weighted by Gasteiger charge is 2.28. The van der Waals surface area contributed by atoms with E-state index in [9.17, 15) is 13.2 Å². The van der Waals surface area contributed by atoms with E-state index >= 15 is 0 Å². The van der Waals surface area contributed by atoms with Gasteiger partial charge >= 0.3 is 6.03 Å². The molecule has 2 amide bonds. The second-order valence-electron chi connectivity index (χ2n) is 4.25. The van der Waals surface area contributed by atoms with Gasteiger partial charge in [0.2, 0.25) is 0 Å². The molecule has 0 spiro atoms. The summed E-state index contributed by atoms with van der Waals surface area (Å²) in [6.45, 7) is 0.326. The molecule has 0 bridgehead atoms. The first-order valence-electron chi connectivity index (χ1n) is 5.70. The average Bonchev–Trinajstić information content (AvgIpc) is 2.67. The summed E-state index contributed by atoms with van der Waals surface area (Å²) in [5, 5.41) is 5.29. The van der Waals surface area contributed by atoms with Crippen molar-refractivity contribution in [3.05, 3.63) is 30.1 Å². The highest BCUT2D eigenvalue weighted by Crippen LogP contribution is 2.10. The highest BCUT2D eigenvalue weighted by atomic mass is 32.2.